The Hall–Kier alpha value is -1.91. The Labute approximate surface area is 112 Å². The Bertz CT molecular complexity index is 492. The van der Waals surface area contributed by atoms with Crippen molar-refractivity contribution in [2.24, 2.45) is 5.41 Å². The number of carbonyl (C=O) groups is 1. The van der Waals surface area contributed by atoms with Crippen LogP contribution in [0.25, 0.3) is 0 Å². The van der Waals surface area contributed by atoms with Crippen LogP contribution in [0.3, 0.4) is 0 Å². The maximum atomic E-state index is 11.5. The molecule has 1 aromatic carbocycles. The van der Waals surface area contributed by atoms with E-state index in [4.69, 9.17) is 0 Å². The Morgan fingerprint density at radius 1 is 1.37 bits per heavy atom. The second-order valence-corrected chi connectivity index (χ2v) is 4.79. The van der Waals surface area contributed by atoms with Gasteiger partial charge in [-0.1, -0.05) is 26.0 Å². The van der Waals surface area contributed by atoms with Crippen LogP contribution in [-0.2, 0) is 11.2 Å². The largest absolute Gasteiger partial charge is 0.481 e. The van der Waals surface area contributed by atoms with Gasteiger partial charge in [0.25, 0.3) is 5.69 Å². The molecule has 0 bridgehead atoms. The lowest BCUT2D eigenvalue weighted by molar-refractivity contribution is -0.385. The molecule has 104 valence electrons. The minimum absolute atomic E-state index is 0.0454. The number of nitro groups is 1. The molecule has 0 aliphatic carbocycles. The van der Waals surface area contributed by atoms with Gasteiger partial charge in [-0.3, -0.25) is 14.9 Å². The van der Waals surface area contributed by atoms with E-state index in [0.29, 0.717) is 24.8 Å². The summed E-state index contributed by atoms with van der Waals surface area (Å²) in [5, 5.41) is 20.3. The lowest BCUT2D eigenvalue weighted by Gasteiger charge is -2.27. The van der Waals surface area contributed by atoms with Crippen LogP contribution in [0.2, 0.25) is 0 Å². The maximum absolute atomic E-state index is 11.5. The predicted octanol–water partition coefficient (Wildman–Crippen LogP) is 3.34. The summed E-state index contributed by atoms with van der Waals surface area (Å²) in [7, 11) is 0. The molecule has 0 amide bonds. The molecule has 0 atom stereocenters. The number of rotatable bonds is 6. The van der Waals surface area contributed by atoms with Crippen LogP contribution in [0.5, 0.6) is 0 Å². The Morgan fingerprint density at radius 2 is 1.95 bits per heavy atom. The summed E-state index contributed by atoms with van der Waals surface area (Å²) in [6.07, 6.45) is 1.32. The van der Waals surface area contributed by atoms with Crippen molar-refractivity contribution in [1.82, 2.24) is 0 Å². The SMILES string of the molecule is CCC(CC)(Cc1cccc([N+](=O)[O-])c1C)C(=O)O. The van der Waals surface area contributed by atoms with E-state index in [1.54, 1.807) is 19.1 Å². The molecular weight excluding hydrogens is 246 g/mol. The highest BCUT2D eigenvalue weighted by atomic mass is 16.6. The molecule has 0 aromatic heterocycles. The van der Waals surface area contributed by atoms with Crippen LogP contribution in [-0.4, -0.2) is 16.0 Å². The van der Waals surface area contributed by atoms with Crippen molar-refractivity contribution in [3.63, 3.8) is 0 Å². The van der Waals surface area contributed by atoms with Crippen LogP contribution >= 0.6 is 0 Å². The van der Waals surface area contributed by atoms with Gasteiger partial charge in [-0.2, -0.15) is 0 Å². The van der Waals surface area contributed by atoms with Crippen LogP contribution in [0.1, 0.15) is 37.8 Å². The third-order valence-electron chi connectivity index (χ3n) is 3.95. The summed E-state index contributed by atoms with van der Waals surface area (Å²) >= 11 is 0. The predicted molar refractivity (Wildman–Crippen MR) is 72.2 cm³/mol. The van der Waals surface area contributed by atoms with Gasteiger partial charge >= 0.3 is 5.97 Å². The van der Waals surface area contributed by atoms with Gasteiger partial charge in [0.05, 0.1) is 10.3 Å². The molecule has 0 fully saturated rings. The number of benzene rings is 1. The first-order valence-electron chi connectivity index (χ1n) is 6.34. The molecule has 0 saturated heterocycles. The fourth-order valence-electron chi connectivity index (χ4n) is 2.30. The summed E-state index contributed by atoms with van der Waals surface area (Å²) in [5.41, 5.74) is 0.490. The first-order valence-corrected chi connectivity index (χ1v) is 6.34. The van der Waals surface area contributed by atoms with Crippen LogP contribution < -0.4 is 0 Å². The number of carboxylic acid groups (broad SMARTS) is 1. The highest BCUT2D eigenvalue weighted by Crippen LogP contribution is 2.34. The zero-order valence-electron chi connectivity index (χ0n) is 11.5. The second kappa shape index (κ2) is 5.82. The molecular formula is C14H19NO4. The van der Waals surface area contributed by atoms with Crippen LogP contribution in [0.4, 0.5) is 5.69 Å². The fourth-order valence-corrected chi connectivity index (χ4v) is 2.30. The molecule has 0 saturated carbocycles. The van der Waals surface area contributed by atoms with Crippen molar-refractivity contribution < 1.29 is 14.8 Å². The molecule has 0 heterocycles. The molecule has 5 heteroatoms. The van der Waals surface area contributed by atoms with Crippen molar-refractivity contribution in [2.45, 2.75) is 40.0 Å². The van der Waals surface area contributed by atoms with Crippen LogP contribution in [0, 0.1) is 22.5 Å². The van der Waals surface area contributed by atoms with Gasteiger partial charge in [0.2, 0.25) is 0 Å². The molecule has 0 spiro atoms. The lowest BCUT2D eigenvalue weighted by atomic mass is 9.76. The minimum Gasteiger partial charge on any atom is -0.481 e. The normalized spacial score (nSPS) is 11.3. The third kappa shape index (κ3) is 2.92. The van der Waals surface area contributed by atoms with Gasteiger partial charge in [0.15, 0.2) is 0 Å². The molecule has 1 N–H and O–H groups in total. The van der Waals surface area contributed by atoms with Gasteiger partial charge in [0.1, 0.15) is 0 Å². The molecule has 19 heavy (non-hydrogen) atoms. The van der Waals surface area contributed by atoms with Crippen molar-refractivity contribution in [1.29, 1.82) is 0 Å². The topological polar surface area (TPSA) is 80.4 Å². The zero-order chi connectivity index (χ0) is 14.6. The number of carboxylic acids is 1. The van der Waals surface area contributed by atoms with Gasteiger partial charge < -0.3 is 5.11 Å². The van der Waals surface area contributed by atoms with Gasteiger partial charge in [-0.15, -0.1) is 0 Å². The quantitative estimate of drug-likeness (QED) is 0.631. The number of nitrogens with zero attached hydrogens (tertiary/aromatic N) is 1. The second-order valence-electron chi connectivity index (χ2n) is 4.79. The molecule has 1 aromatic rings. The van der Waals surface area contributed by atoms with Gasteiger partial charge in [0, 0.05) is 11.6 Å². The summed E-state index contributed by atoms with van der Waals surface area (Å²) in [4.78, 5) is 22.0. The maximum Gasteiger partial charge on any atom is 0.309 e. The van der Waals surface area contributed by atoms with E-state index in [-0.39, 0.29) is 5.69 Å². The van der Waals surface area contributed by atoms with Crippen molar-refractivity contribution in [3.05, 3.63) is 39.4 Å². The number of nitro benzene ring substituents is 1. The standard InChI is InChI=1S/C14H19NO4/c1-4-14(5-2,13(16)17)9-11-7-6-8-12(10(11)3)15(18)19/h6-8H,4-5,9H2,1-3H3,(H,16,17). The third-order valence-corrected chi connectivity index (χ3v) is 3.95. The first kappa shape index (κ1) is 15.1. The highest BCUT2D eigenvalue weighted by Gasteiger charge is 2.35. The van der Waals surface area contributed by atoms with Crippen molar-refractivity contribution in [3.8, 4) is 0 Å². The number of hydrogen-bond acceptors (Lipinski definition) is 3. The molecule has 0 aliphatic heterocycles. The molecule has 5 nitrogen and oxygen atoms in total. The number of aliphatic carboxylic acids is 1. The molecule has 0 unspecified atom stereocenters. The van der Waals surface area contributed by atoms with E-state index in [1.165, 1.54) is 6.07 Å². The van der Waals surface area contributed by atoms with E-state index in [9.17, 15) is 20.0 Å². The smallest absolute Gasteiger partial charge is 0.309 e. The summed E-state index contributed by atoms with van der Waals surface area (Å²) in [6, 6.07) is 4.82. The number of hydrogen-bond donors (Lipinski definition) is 1. The van der Waals surface area contributed by atoms with Gasteiger partial charge in [-0.05, 0) is 31.7 Å². The summed E-state index contributed by atoms with van der Waals surface area (Å²) < 4.78 is 0. The highest BCUT2D eigenvalue weighted by molar-refractivity contribution is 5.75. The zero-order valence-corrected chi connectivity index (χ0v) is 11.5. The average molecular weight is 265 g/mol. The fraction of sp³-hybridized carbons (Fsp3) is 0.500. The molecule has 1 rings (SSSR count). The van der Waals surface area contributed by atoms with Crippen molar-refractivity contribution in [2.75, 3.05) is 0 Å². The van der Waals surface area contributed by atoms with Gasteiger partial charge in [-0.25, -0.2) is 0 Å². The molecule has 0 aliphatic rings. The summed E-state index contributed by atoms with van der Waals surface area (Å²) in [6.45, 7) is 5.35. The Balaban J connectivity index is 3.21. The summed E-state index contributed by atoms with van der Waals surface area (Å²) in [5.74, 6) is -0.844. The Morgan fingerprint density at radius 3 is 2.37 bits per heavy atom. The van der Waals surface area contributed by atoms with E-state index in [1.807, 2.05) is 13.8 Å². The van der Waals surface area contributed by atoms with Crippen LogP contribution in [0.15, 0.2) is 18.2 Å². The van der Waals surface area contributed by atoms with E-state index in [0.717, 1.165) is 5.56 Å². The monoisotopic (exact) mass is 265 g/mol. The average Bonchev–Trinajstić information content (AvgIpc) is 2.37. The Kier molecular flexibility index (Phi) is 4.64. The van der Waals surface area contributed by atoms with E-state index >= 15 is 0 Å². The minimum atomic E-state index is -0.847. The first-order chi connectivity index (χ1) is 8.88. The van der Waals surface area contributed by atoms with E-state index in [2.05, 4.69) is 0 Å². The van der Waals surface area contributed by atoms with Crippen molar-refractivity contribution >= 4 is 11.7 Å². The van der Waals surface area contributed by atoms with E-state index < -0.39 is 16.3 Å². The lowest BCUT2D eigenvalue weighted by Crippen LogP contribution is -2.32. The molecule has 0 radical (unpaired) electrons.